The summed E-state index contributed by atoms with van der Waals surface area (Å²) in [5.74, 6) is 0. The van der Waals surface area contributed by atoms with Crippen LogP contribution in [0.2, 0.25) is 0 Å². The third kappa shape index (κ3) is 3.23. The molecule has 1 atom stereocenters. The summed E-state index contributed by atoms with van der Waals surface area (Å²) in [4.78, 5) is 2.37. The summed E-state index contributed by atoms with van der Waals surface area (Å²) in [6.45, 7) is 2.13. The lowest BCUT2D eigenvalue weighted by Gasteiger charge is -2.20. The first-order chi connectivity index (χ1) is 8.11. The molecule has 0 saturated heterocycles. The maximum Gasteiger partial charge on any atom is 0.0377 e. The number of hydrogen-bond donors (Lipinski definition) is 1. The second-order valence-corrected chi connectivity index (χ2v) is 5.84. The van der Waals surface area contributed by atoms with Crippen LogP contribution in [-0.4, -0.2) is 19.1 Å². The lowest BCUT2D eigenvalue weighted by molar-refractivity contribution is 0.645. The van der Waals surface area contributed by atoms with E-state index in [9.17, 15) is 0 Å². The van der Waals surface area contributed by atoms with Gasteiger partial charge in [0.1, 0.15) is 0 Å². The first kappa shape index (κ1) is 12.9. The summed E-state index contributed by atoms with van der Waals surface area (Å²) in [5.41, 5.74) is 8.61. The van der Waals surface area contributed by atoms with Crippen molar-refractivity contribution in [2.75, 3.05) is 11.9 Å². The SMILES string of the molecule is CCC(N)Cc1ccc(N(C)C2CC2)cc1Br. The molecule has 0 aromatic heterocycles. The van der Waals surface area contributed by atoms with Gasteiger partial charge in [0.2, 0.25) is 0 Å². The van der Waals surface area contributed by atoms with Gasteiger partial charge in [-0.15, -0.1) is 0 Å². The maximum absolute atomic E-state index is 6.00. The van der Waals surface area contributed by atoms with Gasteiger partial charge in [-0.1, -0.05) is 28.9 Å². The van der Waals surface area contributed by atoms with Crippen molar-refractivity contribution in [3.05, 3.63) is 28.2 Å². The van der Waals surface area contributed by atoms with Crippen molar-refractivity contribution < 1.29 is 0 Å². The Balaban J connectivity index is 2.10. The second kappa shape index (κ2) is 5.40. The first-order valence-electron chi connectivity index (χ1n) is 6.38. The number of nitrogens with two attached hydrogens (primary N) is 1. The van der Waals surface area contributed by atoms with Crippen LogP contribution in [0.4, 0.5) is 5.69 Å². The predicted molar refractivity (Wildman–Crippen MR) is 77.5 cm³/mol. The van der Waals surface area contributed by atoms with E-state index in [0.29, 0.717) is 0 Å². The lowest BCUT2D eigenvalue weighted by atomic mass is 10.0. The Kier molecular flexibility index (Phi) is 4.10. The Morgan fingerprint density at radius 3 is 2.71 bits per heavy atom. The number of nitrogens with zero attached hydrogens (tertiary/aromatic N) is 1. The van der Waals surface area contributed by atoms with Crippen molar-refractivity contribution in [3.63, 3.8) is 0 Å². The molecule has 0 aliphatic heterocycles. The highest BCUT2D eigenvalue weighted by atomic mass is 79.9. The van der Waals surface area contributed by atoms with Crippen LogP contribution in [0, 0.1) is 0 Å². The van der Waals surface area contributed by atoms with Crippen LogP contribution in [0.3, 0.4) is 0 Å². The van der Waals surface area contributed by atoms with Crippen molar-refractivity contribution in [2.45, 2.75) is 44.7 Å². The Labute approximate surface area is 112 Å². The Morgan fingerprint density at radius 2 is 2.18 bits per heavy atom. The van der Waals surface area contributed by atoms with Gasteiger partial charge in [0.25, 0.3) is 0 Å². The van der Waals surface area contributed by atoms with E-state index >= 15 is 0 Å². The van der Waals surface area contributed by atoms with Crippen molar-refractivity contribution in [3.8, 4) is 0 Å². The van der Waals surface area contributed by atoms with E-state index in [2.05, 4.69) is 53.0 Å². The van der Waals surface area contributed by atoms with Crippen molar-refractivity contribution in [2.24, 2.45) is 5.73 Å². The fourth-order valence-corrected chi connectivity index (χ4v) is 2.55. The van der Waals surface area contributed by atoms with Gasteiger partial charge >= 0.3 is 0 Å². The molecule has 2 rings (SSSR count). The quantitative estimate of drug-likeness (QED) is 0.903. The van der Waals surface area contributed by atoms with Gasteiger partial charge in [0.05, 0.1) is 0 Å². The van der Waals surface area contributed by atoms with E-state index in [1.54, 1.807) is 0 Å². The van der Waals surface area contributed by atoms with Crippen molar-refractivity contribution >= 4 is 21.6 Å². The number of rotatable bonds is 5. The standard InChI is InChI=1S/C14H21BrN2/c1-3-11(16)8-10-4-5-13(9-14(10)15)17(2)12-6-7-12/h4-5,9,11-12H,3,6-8,16H2,1-2H3. The first-order valence-corrected chi connectivity index (χ1v) is 7.18. The van der Waals surface area contributed by atoms with Crippen molar-refractivity contribution in [1.82, 2.24) is 0 Å². The number of anilines is 1. The van der Waals surface area contributed by atoms with E-state index in [1.165, 1.54) is 28.6 Å². The van der Waals surface area contributed by atoms with Gasteiger partial charge in [0.15, 0.2) is 0 Å². The Hall–Kier alpha value is -0.540. The third-order valence-corrected chi connectivity index (χ3v) is 4.28. The predicted octanol–water partition coefficient (Wildman–Crippen LogP) is 3.33. The largest absolute Gasteiger partial charge is 0.372 e. The molecule has 1 saturated carbocycles. The molecule has 17 heavy (non-hydrogen) atoms. The molecule has 1 aliphatic carbocycles. The summed E-state index contributed by atoms with van der Waals surface area (Å²) in [6, 6.07) is 7.65. The summed E-state index contributed by atoms with van der Waals surface area (Å²) >= 11 is 3.66. The third-order valence-electron chi connectivity index (χ3n) is 3.54. The zero-order chi connectivity index (χ0) is 12.4. The van der Waals surface area contributed by atoms with Crippen LogP contribution in [0.1, 0.15) is 31.7 Å². The topological polar surface area (TPSA) is 29.3 Å². The lowest BCUT2D eigenvalue weighted by Crippen LogP contribution is -2.22. The van der Waals surface area contributed by atoms with E-state index < -0.39 is 0 Å². The monoisotopic (exact) mass is 296 g/mol. The van der Waals surface area contributed by atoms with E-state index in [4.69, 9.17) is 5.73 Å². The highest BCUT2D eigenvalue weighted by Gasteiger charge is 2.26. The minimum atomic E-state index is 0.262. The molecule has 2 N–H and O–H groups in total. The van der Waals surface area contributed by atoms with Crippen molar-refractivity contribution in [1.29, 1.82) is 0 Å². The molecule has 94 valence electrons. The molecule has 1 fully saturated rings. The smallest absolute Gasteiger partial charge is 0.0377 e. The Bertz CT molecular complexity index is 388. The van der Waals surface area contributed by atoms with Crippen LogP contribution in [0.15, 0.2) is 22.7 Å². The van der Waals surface area contributed by atoms with Gasteiger partial charge in [-0.05, 0) is 43.4 Å². The highest BCUT2D eigenvalue weighted by Crippen LogP contribution is 2.32. The van der Waals surface area contributed by atoms with Crippen LogP contribution in [0.5, 0.6) is 0 Å². The molecule has 1 aromatic rings. The second-order valence-electron chi connectivity index (χ2n) is 4.99. The molecular formula is C14H21BrN2. The normalized spacial score (nSPS) is 16.9. The average molecular weight is 297 g/mol. The van der Waals surface area contributed by atoms with Gasteiger partial charge < -0.3 is 10.6 Å². The minimum Gasteiger partial charge on any atom is -0.372 e. The zero-order valence-corrected chi connectivity index (χ0v) is 12.2. The Morgan fingerprint density at radius 1 is 1.47 bits per heavy atom. The molecule has 0 amide bonds. The summed E-state index contributed by atoms with van der Waals surface area (Å²) < 4.78 is 1.19. The molecule has 0 heterocycles. The maximum atomic E-state index is 6.00. The van der Waals surface area contributed by atoms with E-state index in [-0.39, 0.29) is 6.04 Å². The summed E-state index contributed by atoms with van der Waals surface area (Å²) in [5, 5.41) is 0. The zero-order valence-electron chi connectivity index (χ0n) is 10.6. The molecular weight excluding hydrogens is 276 g/mol. The summed E-state index contributed by atoms with van der Waals surface area (Å²) in [6.07, 6.45) is 4.63. The van der Waals surface area contributed by atoms with Crippen LogP contribution < -0.4 is 10.6 Å². The van der Waals surface area contributed by atoms with Gasteiger partial charge in [-0.25, -0.2) is 0 Å². The minimum absolute atomic E-state index is 0.262. The van der Waals surface area contributed by atoms with Crippen LogP contribution >= 0.6 is 15.9 Å². The molecule has 1 aliphatic rings. The van der Waals surface area contributed by atoms with Gasteiger partial charge in [-0.2, -0.15) is 0 Å². The fourth-order valence-electron chi connectivity index (χ4n) is 2.02. The fraction of sp³-hybridized carbons (Fsp3) is 0.571. The number of benzene rings is 1. The van der Waals surface area contributed by atoms with E-state index in [0.717, 1.165) is 18.9 Å². The van der Waals surface area contributed by atoms with E-state index in [1.807, 2.05) is 0 Å². The molecule has 3 heteroatoms. The molecule has 0 spiro atoms. The highest BCUT2D eigenvalue weighted by molar-refractivity contribution is 9.10. The number of hydrogen-bond acceptors (Lipinski definition) is 2. The molecule has 1 aromatic carbocycles. The van der Waals surface area contributed by atoms with Gasteiger partial charge in [-0.3, -0.25) is 0 Å². The van der Waals surface area contributed by atoms with Crippen LogP contribution in [-0.2, 0) is 6.42 Å². The molecule has 1 unspecified atom stereocenters. The van der Waals surface area contributed by atoms with Gasteiger partial charge in [0, 0.05) is 29.3 Å². The van der Waals surface area contributed by atoms with Crippen LogP contribution in [0.25, 0.3) is 0 Å². The molecule has 2 nitrogen and oxygen atoms in total. The molecule has 0 radical (unpaired) electrons. The summed E-state index contributed by atoms with van der Waals surface area (Å²) in [7, 11) is 2.18. The average Bonchev–Trinajstić information content (AvgIpc) is 3.14. The molecule has 0 bridgehead atoms. The number of halogens is 1.